The van der Waals surface area contributed by atoms with Crippen molar-refractivity contribution in [3.63, 3.8) is 0 Å². The number of nitrogens with zero attached hydrogens (tertiary/aromatic N) is 1. The molecule has 21 heavy (non-hydrogen) atoms. The van der Waals surface area contributed by atoms with Gasteiger partial charge in [-0.25, -0.2) is 4.98 Å². The first kappa shape index (κ1) is 12.1. The first-order valence-corrected chi connectivity index (χ1v) is 6.93. The number of benzene rings is 2. The molecule has 0 bridgehead atoms. The number of aliphatic hydroxyl groups excluding tert-OH is 1. The van der Waals surface area contributed by atoms with Gasteiger partial charge in [0.15, 0.2) is 0 Å². The Balaban J connectivity index is 2.02. The average Bonchev–Trinajstić information content (AvgIpc) is 2.98. The van der Waals surface area contributed by atoms with Crippen molar-refractivity contribution in [3.05, 3.63) is 66.4 Å². The summed E-state index contributed by atoms with van der Waals surface area (Å²) in [5.74, 6) is 0. The maximum Gasteiger partial charge on any atom is 0.0734 e. The molecule has 0 radical (unpaired) electrons. The predicted octanol–water partition coefficient (Wildman–Crippen LogP) is 3.88. The van der Waals surface area contributed by atoms with Crippen LogP contribution in [0.25, 0.3) is 33.1 Å². The second-order valence-corrected chi connectivity index (χ2v) is 5.09. The van der Waals surface area contributed by atoms with Gasteiger partial charge in [-0.2, -0.15) is 0 Å². The van der Waals surface area contributed by atoms with Crippen LogP contribution < -0.4 is 0 Å². The van der Waals surface area contributed by atoms with Crippen LogP contribution >= 0.6 is 0 Å². The van der Waals surface area contributed by atoms with Crippen molar-refractivity contribution >= 4 is 21.8 Å². The molecule has 2 aromatic heterocycles. The fraction of sp³-hybridized carbons (Fsp3) is 0.0556. The van der Waals surface area contributed by atoms with Crippen molar-refractivity contribution in [2.24, 2.45) is 0 Å². The van der Waals surface area contributed by atoms with Crippen molar-refractivity contribution in [3.8, 4) is 11.3 Å². The smallest absolute Gasteiger partial charge is 0.0734 e. The monoisotopic (exact) mass is 274 g/mol. The van der Waals surface area contributed by atoms with E-state index in [0.29, 0.717) is 0 Å². The van der Waals surface area contributed by atoms with Gasteiger partial charge in [0.25, 0.3) is 0 Å². The lowest BCUT2D eigenvalue weighted by atomic mass is 10.0. The Morgan fingerprint density at radius 1 is 0.952 bits per heavy atom. The number of rotatable bonds is 2. The molecule has 0 aliphatic carbocycles. The van der Waals surface area contributed by atoms with E-state index in [0.717, 1.165) is 38.6 Å². The van der Waals surface area contributed by atoms with E-state index >= 15 is 0 Å². The van der Waals surface area contributed by atoms with Gasteiger partial charge in [0.05, 0.1) is 17.8 Å². The first-order chi connectivity index (χ1) is 10.4. The number of pyridine rings is 1. The molecule has 0 saturated heterocycles. The molecule has 4 aromatic rings. The van der Waals surface area contributed by atoms with Gasteiger partial charge in [0, 0.05) is 28.0 Å². The minimum absolute atomic E-state index is 0.0123. The fourth-order valence-electron chi connectivity index (χ4n) is 2.80. The van der Waals surface area contributed by atoms with Gasteiger partial charge >= 0.3 is 0 Å². The molecule has 0 spiro atoms. The number of hydrogen-bond donors (Lipinski definition) is 2. The van der Waals surface area contributed by atoms with Crippen LogP contribution in [0.3, 0.4) is 0 Å². The quantitative estimate of drug-likeness (QED) is 0.583. The number of nitrogens with one attached hydrogen (secondary N) is 1. The number of fused-ring (bicyclic) bond motifs is 2. The molecule has 2 aromatic carbocycles. The summed E-state index contributed by atoms with van der Waals surface area (Å²) in [7, 11) is 0. The Hall–Kier alpha value is -2.65. The van der Waals surface area contributed by atoms with Crippen molar-refractivity contribution in [1.29, 1.82) is 0 Å². The third-order valence-electron chi connectivity index (χ3n) is 3.84. The summed E-state index contributed by atoms with van der Waals surface area (Å²) in [6.45, 7) is 0.0123. The van der Waals surface area contributed by atoms with Gasteiger partial charge in [-0.1, -0.05) is 36.4 Å². The Labute approximate surface area is 121 Å². The van der Waals surface area contributed by atoms with Gasteiger partial charge in [-0.05, 0) is 23.8 Å². The lowest BCUT2D eigenvalue weighted by Gasteiger charge is -2.07. The van der Waals surface area contributed by atoms with E-state index in [1.54, 1.807) is 0 Å². The SMILES string of the molecule is OCc1cc(-c2c[nH]c3ccccc23)nc2ccccc12. The highest BCUT2D eigenvalue weighted by atomic mass is 16.3. The standard InChI is InChI=1S/C18H14N2O/c21-11-12-9-18(20-17-8-4-1-5-13(12)17)15-10-19-16-7-3-2-6-14(15)16/h1-10,19,21H,11H2. The summed E-state index contributed by atoms with van der Waals surface area (Å²) in [5.41, 5.74) is 4.85. The third-order valence-corrected chi connectivity index (χ3v) is 3.84. The van der Waals surface area contributed by atoms with Crippen LogP contribution in [-0.2, 0) is 6.61 Å². The molecule has 4 rings (SSSR count). The van der Waals surface area contributed by atoms with E-state index in [1.165, 1.54) is 0 Å². The minimum Gasteiger partial charge on any atom is -0.392 e. The summed E-state index contributed by atoms with van der Waals surface area (Å²) >= 11 is 0. The molecular formula is C18H14N2O. The molecule has 0 aliphatic heterocycles. The highest BCUT2D eigenvalue weighted by Crippen LogP contribution is 2.30. The molecule has 0 aliphatic rings. The Bertz CT molecular complexity index is 940. The largest absolute Gasteiger partial charge is 0.392 e. The summed E-state index contributed by atoms with van der Waals surface area (Å²) in [6.07, 6.45) is 1.98. The summed E-state index contributed by atoms with van der Waals surface area (Å²) in [4.78, 5) is 8.01. The maximum absolute atomic E-state index is 9.64. The number of aromatic amines is 1. The van der Waals surface area contributed by atoms with Crippen molar-refractivity contribution < 1.29 is 5.11 Å². The van der Waals surface area contributed by atoms with Crippen molar-refractivity contribution in [2.45, 2.75) is 6.61 Å². The van der Waals surface area contributed by atoms with Crippen molar-refractivity contribution in [2.75, 3.05) is 0 Å². The lowest BCUT2D eigenvalue weighted by Crippen LogP contribution is -1.92. The van der Waals surface area contributed by atoms with Crippen LogP contribution in [0, 0.1) is 0 Å². The number of aliphatic hydroxyl groups is 1. The van der Waals surface area contributed by atoms with Crippen LogP contribution in [0.5, 0.6) is 0 Å². The fourth-order valence-corrected chi connectivity index (χ4v) is 2.80. The third kappa shape index (κ3) is 1.90. The van der Waals surface area contributed by atoms with Crippen LogP contribution in [-0.4, -0.2) is 15.1 Å². The molecule has 0 amide bonds. The predicted molar refractivity (Wildman–Crippen MR) is 85.0 cm³/mol. The summed E-state index contributed by atoms with van der Waals surface area (Å²) < 4.78 is 0. The van der Waals surface area contributed by atoms with Gasteiger partial charge in [0.1, 0.15) is 0 Å². The lowest BCUT2D eigenvalue weighted by molar-refractivity contribution is 0.283. The number of H-pyrrole nitrogens is 1. The van der Waals surface area contributed by atoms with E-state index in [2.05, 4.69) is 11.1 Å². The molecule has 2 N–H and O–H groups in total. The van der Waals surface area contributed by atoms with Crippen LogP contribution in [0.4, 0.5) is 0 Å². The molecule has 0 saturated carbocycles. The van der Waals surface area contributed by atoms with Gasteiger partial charge < -0.3 is 10.1 Å². The van der Waals surface area contributed by atoms with Crippen LogP contribution in [0.15, 0.2) is 60.8 Å². The average molecular weight is 274 g/mol. The summed E-state index contributed by atoms with van der Waals surface area (Å²) in [6, 6.07) is 18.0. The highest BCUT2D eigenvalue weighted by Gasteiger charge is 2.10. The molecule has 0 fully saturated rings. The second kappa shape index (κ2) is 4.72. The zero-order valence-electron chi connectivity index (χ0n) is 11.4. The minimum atomic E-state index is 0.0123. The molecular weight excluding hydrogens is 260 g/mol. The van der Waals surface area contributed by atoms with Crippen molar-refractivity contribution in [1.82, 2.24) is 9.97 Å². The molecule has 0 unspecified atom stereocenters. The Kier molecular flexibility index (Phi) is 2.72. The number of para-hydroxylation sites is 2. The zero-order chi connectivity index (χ0) is 14.2. The molecule has 2 heterocycles. The Morgan fingerprint density at radius 3 is 2.57 bits per heavy atom. The second-order valence-electron chi connectivity index (χ2n) is 5.09. The maximum atomic E-state index is 9.64. The van der Waals surface area contributed by atoms with E-state index in [-0.39, 0.29) is 6.61 Å². The van der Waals surface area contributed by atoms with Crippen LogP contribution in [0.1, 0.15) is 5.56 Å². The van der Waals surface area contributed by atoms with E-state index in [1.807, 2.05) is 54.7 Å². The van der Waals surface area contributed by atoms with Gasteiger partial charge in [0.2, 0.25) is 0 Å². The first-order valence-electron chi connectivity index (χ1n) is 6.93. The molecule has 3 nitrogen and oxygen atoms in total. The number of hydrogen-bond acceptors (Lipinski definition) is 2. The topological polar surface area (TPSA) is 48.9 Å². The van der Waals surface area contributed by atoms with E-state index in [9.17, 15) is 5.11 Å². The van der Waals surface area contributed by atoms with E-state index in [4.69, 9.17) is 4.98 Å². The zero-order valence-corrected chi connectivity index (χ0v) is 11.4. The van der Waals surface area contributed by atoms with Gasteiger partial charge in [-0.15, -0.1) is 0 Å². The molecule has 102 valence electrons. The normalized spacial score (nSPS) is 11.3. The molecule has 0 atom stereocenters. The van der Waals surface area contributed by atoms with Gasteiger partial charge in [-0.3, -0.25) is 0 Å². The van der Waals surface area contributed by atoms with Crippen LogP contribution in [0.2, 0.25) is 0 Å². The Morgan fingerprint density at radius 2 is 1.71 bits per heavy atom. The summed E-state index contributed by atoms with van der Waals surface area (Å²) in [5, 5.41) is 11.8. The molecule has 3 heteroatoms. The highest BCUT2D eigenvalue weighted by molar-refractivity contribution is 5.96. The van der Waals surface area contributed by atoms with E-state index < -0.39 is 0 Å². The number of aromatic nitrogens is 2.